The molecule has 0 spiro atoms. The quantitative estimate of drug-likeness (QED) is 0.405. The number of nitrogens with zero attached hydrogens (tertiary/aromatic N) is 1. The van der Waals surface area contributed by atoms with E-state index in [0.717, 1.165) is 39.6 Å². The fourth-order valence-corrected chi connectivity index (χ4v) is 3.70. The first kappa shape index (κ1) is 18.4. The Morgan fingerprint density at radius 2 is 1.50 bits per heavy atom. The van der Waals surface area contributed by atoms with Crippen molar-refractivity contribution in [2.45, 2.75) is 13.8 Å². The van der Waals surface area contributed by atoms with E-state index < -0.39 is 15.9 Å². The van der Waals surface area contributed by atoms with Crippen molar-refractivity contribution in [3.63, 3.8) is 0 Å². The van der Waals surface area contributed by atoms with Gasteiger partial charge in [-0.05, 0) is 37.6 Å². The van der Waals surface area contributed by atoms with E-state index in [9.17, 15) is 0 Å². The number of aromatic nitrogens is 1. The number of aryl methyl sites for hydroxylation is 2. The highest BCUT2D eigenvalue weighted by atomic mass is 27.2. The molecule has 0 saturated carbocycles. The highest BCUT2D eigenvalue weighted by molar-refractivity contribution is 6.21. The Labute approximate surface area is 171 Å². The summed E-state index contributed by atoms with van der Waals surface area (Å²) < 4.78 is 17.9. The van der Waals surface area contributed by atoms with Gasteiger partial charge < -0.3 is 12.0 Å². The highest BCUT2D eigenvalue weighted by Crippen LogP contribution is 2.36. The standard InChI is InChI=1S/C17H15NO2.C6H6O.Al/c1-11-7-6-10-14(15(11)19)17-18-12(2)16(20-17)13-8-4-3-5-9-13;7-6-4-2-1-3-5-6;/h3-10,19H,1-2H3;1-5,7H;/q;;+2/p-2. The van der Waals surface area contributed by atoms with Crippen LogP contribution in [0.4, 0.5) is 0 Å². The Morgan fingerprint density at radius 3 is 2.25 bits per heavy atom. The van der Waals surface area contributed by atoms with Crippen LogP contribution in [0.3, 0.4) is 0 Å². The van der Waals surface area contributed by atoms with E-state index in [1.54, 1.807) is 0 Å². The van der Waals surface area contributed by atoms with Crippen LogP contribution in [0.15, 0.2) is 83.3 Å². The van der Waals surface area contributed by atoms with Gasteiger partial charge in [0.2, 0.25) is 5.89 Å². The number of rotatable bonds is 6. The summed E-state index contributed by atoms with van der Waals surface area (Å²) in [6.45, 7) is 3.96. The van der Waals surface area contributed by atoms with E-state index in [4.69, 9.17) is 12.0 Å². The van der Waals surface area contributed by atoms with Gasteiger partial charge in [0, 0.05) is 5.56 Å². The van der Waals surface area contributed by atoms with Crippen molar-refractivity contribution >= 4 is 15.9 Å². The summed E-state index contributed by atoms with van der Waals surface area (Å²) >= 11 is -0.712. The molecule has 137 valence electrons. The van der Waals surface area contributed by atoms with Crippen LogP contribution in [0.2, 0.25) is 0 Å². The fraction of sp³-hybridized carbons (Fsp3) is 0.0870. The lowest BCUT2D eigenvalue weighted by Crippen LogP contribution is -2.12. The van der Waals surface area contributed by atoms with Crippen LogP contribution in [0.25, 0.3) is 22.8 Å². The average molecular weight is 384 g/mol. The molecule has 0 atom stereocenters. The maximum absolute atomic E-state index is 6.12. The highest BCUT2D eigenvalue weighted by Gasteiger charge is 2.19. The Kier molecular flexibility index (Phi) is 5.48. The minimum atomic E-state index is -0.712. The summed E-state index contributed by atoms with van der Waals surface area (Å²) in [7, 11) is 0. The largest absolute Gasteiger partial charge is 0.881 e. The molecule has 4 aromatic rings. The molecule has 1 radical (unpaired) electrons. The van der Waals surface area contributed by atoms with Gasteiger partial charge in [-0.1, -0.05) is 60.7 Å². The average Bonchev–Trinajstić information content (AvgIpc) is 3.12. The molecule has 0 amide bonds. The minimum absolute atomic E-state index is 0.550. The molecule has 0 aliphatic heterocycles. The summed E-state index contributed by atoms with van der Waals surface area (Å²) in [5, 5.41) is 0. The van der Waals surface area contributed by atoms with Gasteiger partial charge in [-0.25, -0.2) is 4.98 Å². The topological polar surface area (TPSA) is 44.5 Å². The second-order valence-electron chi connectivity index (χ2n) is 6.40. The molecule has 0 bridgehead atoms. The van der Waals surface area contributed by atoms with Gasteiger partial charge in [0.1, 0.15) is 0 Å². The van der Waals surface area contributed by atoms with Gasteiger partial charge in [-0.3, -0.25) is 0 Å². The SMILES string of the molecule is Cc1cccc(-c2nc(C)c(-c3ccccc3)o2)c1[O][Al][O]c1ccccc1. The number of oxazole rings is 1. The van der Waals surface area contributed by atoms with Crippen molar-refractivity contribution in [1.29, 1.82) is 0 Å². The van der Waals surface area contributed by atoms with Crippen molar-refractivity contribution in [2.24, 2.45) is 0 Å². The van der Waals surface area contributed by atoms with E-state index in [0.29, 0.717) is 5.89 Å². The molecule has 0 unspecified atom stereocenters. The Morgan fingerprint density at radius 1 is 0.786 bits per heavy atom. The zero-order valence-electron chi connectivity index (χ0n) is 15.8. The molecule has 3 aromatic carbocycles. The van der Waals surface area contributed by atoms with Crippen molar-refractivity contribution in [3.8, 4) is 34.3 Å². The minimum Gasteiger partial charge on any atom is -0.616 e. The molecular formula is C23H19AlNO3. The van der Waals surface area contributed by atoms with Gasteiger partial charge >= 0.3 is 15.9 Å². The molecular weight excluding hydrogens is 365 g/mol. The number of hydrogen-bond acceptors (Lipinski definition) is 4. The third-order valence-corrected chi connectivity index (χ3v) is 5.07. The molecule has 0 N–H and O–H groups in total. The van der Waals surface area contributed by atoms with Crippen molar-refractivity contribution in [2.75, 3.05) is 0 Å². The first-order chi connectivity index (χ1) is 13.7. The molecule has 1 heterocycles. The lowest BCUT2D eigenvalue weighted by molar-refractivity contribution is 0.456. The van der Waals surface area contributed by atoms with Gasteiger partial charge in [-0.2, -0.15) is 0 Å². The summed E-state index contributed by atoms with van der Waals surface area (Å²) in [4.78, 5) is 4.65. The number of benzene rings is 3. The predicted octanol–water partition coefficient (Wildman–Crippen LogP) is 5.62. The molecule has 0 aliphatic rings. The first-order valence-corrected chi connectivity index (χ1v) is 9.99. The van der Waals surface area contributed by atoms with E-state index >= 15 is 0 Å². The van der Waals surface area contributed by atoms with Crippen LogP contribution in [-0.4, -0.2) is 20.9 Å². The van der Waals surface area contributed by atoms with Gasteiger partial charge in [0.05, 0.1) is 22.8 Å². The smallest absolute Gasteiger partial charge is 0.616 e. The maximum Gasteiger partial charge on any atom is 0.881 e. The van der Waals surface area contributed by atoms with E-state index in [-0.39, 0.29) is 0 Å². The van der Waals surface area contributed by atoms with E-state index in [1.807, 2.05) is 92.7 Å². The molecule has 4 rings (SSSR count). The Bertz CT molecular complexity index is 1060. The molecule has 4 nitrogen and oxygen atoms in total. The lowest BCUT2D eigenvalue weighted by atomic mass is 10.1. The van der Waals surface area contributed by atoms with Crippen LogP contribution in [0.5, 0.6) is 11.5 Å². The predicted molar refractivity (Wildman–Crippen MR) is 110 cm³/mol. The normalized spacial score (nSPS) is 10.5. The third-order valence-electron chi connectivity index (χ3n) is 4.37. The van der Waals surface area contributed by atoms with Crippen LogP contribution in [0.1, 0.15) is 11.3 Å². The third kappa shape index (κ3) is 3.96. The monoisotopic (exact) mass is 384 g/mol. The van der Waals surface area contributed by atoms with Gasteiger partial charge in [-0.15, -0.1) is 0 Å². The van der Waals surface area contributed by atoms with Crippen molar-refractivity contribution in [1.82, 2.24) is 4.98 Å². The van der Waals surface area contributed by atoms with E-state index in [1.165, 1.54) is 0 Å². The van der Waals surface area contributed by atoms with Gasteiger partial charge in [0.15, 0.2) is 5.76 Å². The molecule has 0 aliphatic carbocycles. The summed E-state index contributed by atoms with van der Waals surface area (Å²) in [6.07, 6.45) is 0. The van der Waals surface area contributed by atoms with Crippen LogP contribution in [0, 0.1) is 13.8 Å². The number of para-hydroxylation sites is 2. The lowest BCUT2D eigenvalue weighted by Gasteiger charge is -2.13. The molecule has 1 aromatic heterocycles. The Hall–Kier alpha value is -3.00. The second-order valence-corrected chi connectivity index (χ2v) is 7.06. The van der Waals surface area contributed by atoms with E-state index in [2.05, 4.69) is 4.98 Å². The second kappa shape index (κ2) is 8.35. The maximum atomic E-state index is 6.12. The van der Waals surface area contributed by atoms with Crippen LogP contribution >= 0.6 is 0 Å². The van der Waals surface area contributed by atoms with Crippen LogP contribution < -0.4 is 7.58 Å². The fourth-order valence-electron chi connectivity index (χ4n) is 2.97. The summed E-state index contributed by atoms with van der Waals surface area (Å²) in [5.74, 6) is 2.87. The Balaban J connectivity index is 1.61. The summed E-state index contributed by atoms with van der Waals surface area (Å²) in [5.41, 5.74) is 3.70. The molecule has 0 fully saturated rings. The van der Waals surface area contributed by atoms with Gasteiger partial charge in [0.25, 0.3) is 0 Å². The zero-order chi connectivity index (χ0) is 19.3. The molecule has 0 saturated heterocycles. The zero-order valence-corrected chi connectivity index (χ0v) is 16.9. The number of hydrogen-bond donors (Lipinski definition) is 0. The molecule has 5 heteroatoms. The van der Waals surface area contributed by atoms with Crippen molar-refractivity contribution < 1.29 is 12.0 Å². The summed E-state index contributed by atoms with van der Waals surface area (Å²) in [6, 6.07) is 25.6. The first-order valence-electron chi connectivity index (χ1n) is 9.05. The van der Waals surface area contributed by atoms with Crippen molar-refractivity contribution in [3.05, 3.63) is 90.1 Å². The van der Waals surface area contributed by atoms with Crippen LogP contribution in [-0.2, 0) is 0 Å². The molecule has 28 heavy (non-hydrogen) atoms.